The first-order chi connectivity index (χ1) is 18.0. The van der Waals surface area contributed by atoms with Gasteiger partial charge in [-0.3, -0.25) is 4.79 Å². The number of anilines is 1. The third kappa shape index (κ3) is 4.33. The van der Waals surface area contributed by atoms with Gasteiger partial charge in [-0.2, -0.15) is 0 Å². The van der Waals surface area contributed by atoms with Crippen molar-refractivity contribution < 1.29 is 9.18 Å². The predicted molar refractivity (Wildman–Crippen MR) is 146 cm³/mol. The highest BCUT2D eigenvalue weighted by molar-refractivity contribution is 5.95. The summed E-state index contributed by atoms with van der Waals surface area (Å²) in [5.41, 5.74) is 15.0. The number of aromatic nitrogens is 1. The number of nitrogens with two attached hydrogens (primary N) is 1. The Labute approximate surface area is 215 Å². The summed E-state index contributed by atoms with van der Waals surface area (Å²) in [5.74, 6) is 0.142. The van der Waals surface area contributed by atoms with Crippen molar-refractivity contribution in [1.29, 1.82) is 0 Å². The summed E-state index contributed by atoms with van der Waals surface area (Å²) in [5, 5.41) is 4.99. The van der Waals surface area contributed by atoms with Gasteiger partial charge in [-0.15, -0.1) is 0 Å². The molecule has 0 atom stereocenters. The lowest BCUT2D eigenvalue weighted by Gasteiger charge is -2.21. The van der Waals surface area contributed by atoms with Crippen LogP contribution in [-0.4, -0.2) is 10.9 Å². The fourth-order valence-electron chi connectivity index (χ4n) is 5.21. The van der Waals surface area contributed by atoms with Crippen molar-refractivity contribution in [2.45, 2.75) is 26.3 Å². The lowest BCUT2D eigenvalue weighted by Crippen LogP contribution is -2.23. The zero-order valence-corrected chi connectivity index (χ0v) is 20.5. The molecule has 6 rings (SSSR count). The molecular weight excluding hydrogens is 461 g/mol. The average molecular weight is 488 g/mol. The first-order valence-corrected chi connectivity index (χ1v) is 12.4. The van der Waals surface area contributed by atoms with Crippen LogP contribution in [0.25, 0.3) is 21.9 Å². The number of halogens is 1. The number of nitrogens with one attached hydrogen (secondary N) is 1. The van der Waals surface area contributed by atoms with Gasteiger partial charge in [0.25, 0.3) is 5.91 Å². The van der Waals surface area contributed by atoms with Gasteiger partial charge < -0.3 is 11.1 Å². The molecule has 5 heteroatoms. The Balaban J connectivity index is 1.22. The molecule has 5 aromatic rings. The number of hydrogen-bond donors (Lipinski definition) is 2. The number of amides is 1. The second-order valence-corrected chi connectivity index (χ2v) is 9.68. The molecule has 0 radical (unpaired) electrons. The lowest BCUT2D eigenvalue weighted by molar-refractivity contribution is 0.0950. The van der Waals surface area contributed by atoms with Crippen molar-refractivity contribution in [3.05, 3.63) is 130 Å². The topological polar surface area (TPSA) is 68.0 Å². The molecule has 1 amide bonds. The number of carbonyl (C=O) groups excluding carboxylic acids is 1. The van der Waals surface area contributed by atoms with E-state index < -0.39 is 0 Å². The predicted octanol–water partition coefficient (Wildman–Crippen LogP) is 6.36. The van der Waals surface area contributed by atoms with Gasteiger partial charge in [-0.25, -0.2) is 9.37 Å². The summed E-state index contributed by atoms with van der Waals surface area (Å²) in [6.45, 7) is 2.43. The van der Waals surface area contributed by atoms with Gasteiger partial charge in [0.2, 0.25) is 0 Å². The number of fused-ring (bicyclic) bond motifs is 3. The molecule has 1 aromatic heterocycles. The van der Waals surface area contributed by atoms with Crippen LogP contribution >= 0.6 is 0 Å². The van der Waals surface area contributed by atoms with Crippen LogP contribution in [0.5, 0.6) is 0 Å². The molecule has 0 saturated carbocycles. The van der Waals surface area contributed by atoms with Gasteiger partial charge in [0.1, 0.15) is 11.6 Å². The highest BCUT2D eigenvalue weighted by atomic mass is 19.1. The Kier molecular flexibility index (Phi) is 5.68. The van der Waals surface area contributed by atoms with Gasteiger partial charge in [-0.05, 0) is 94.4 Å². The molecule has 182 valence electrons. The van der Waals surface area contributed by atoms with Crippen molar-refractivity contribution in [2.24, 2.45) is 0 Å². The molecule has 1 aliphatic rings. The van der Waals surface area contributed by atoms with Gasteiger partial charge in [0.05, 0.1) is 0 Å². The summed E-state index contributed by atoms with van der Waals surface area (Å²) >= 11 is 0. The van der Waals surface area contributed by atoms with E-state index in [4.69, 9.17) is 5.73 Å². The third-order valence-corrected chi connectivity index (χ3v) is 7.31. The first kappa shape index (κ1) is 22.9. The molecule has 4 nitrogen and oxygen atoms in total. The Morgan fingerprint density at radius 2 is 1.68 bits per heavy atom. The second kappa shape index (κ2) is 9.17. The van der Waals surface area contributed by atoms with E-state index in [1.165, 1.54) is 22.8 Å². The highest BCUT2D eigenvalue weighted by Gasteiger charge is 2.19. The van der Waals surface area contributed by atoms with E-state index in [1.807, 2.05) is 49.4 Å². The van der Waals surface area contributed by atoms with Gasteiger partial charge in [0, 0.05) is 29.3 Å². The van der Waals surface area contributed by atoms with Crippen LogP contribution in [0.3, 0.4) is 0 Å². The third-order valence-electron chi connectivity index (χ3n) is 7.31. The zero-order chi connectivity index (χ0) is 25.5. The fraction of sp³-hybridized carbons (Fsp3) is 0.125. The molecule has 0 spiro atoms. The summed E-state index contributed by atoms with van der Waals surface area (Å²) in [6.07, 6.45) is 3.22. The minimum atomic E-state index is -0.224. The second-order valence-electron chi connectivity index (χ2n) is 9.68. The molecule has 0 saturated heterocycles. The van der Waals surface area contributed by atoms with Crippen LogP contribution in [-0.2, 0) is 19.4 Å². The zero-order valence-electron chi connectivity index (χ0n) is 20.5. The maximum Gasteiger partial charge on any atom is 0.251 e. The summed E-state index contributed by atoms with van der Waals surface area (Å²) in [4.78, 5) is 17.3. The number of nitrogen functional groups attached to an aromatic ring is 1. The minimum absolute atomic E-state index is 0.118. The number of carbonyl (C=O) groups is 1. The number of aryl methyl sites for hydroxylation is 1. The smallest absolute Gasteiger partial charge is 0.251 e. The summed E-state index contributed by atoms with van der Waals surface area (Å²) < 4.78 is 14.4. The Hall–Kier alpha value is -4.51. The first-order valence-electron chi connectivity index (χ1n) is 12.4. The van der Waals surface area contributed by atoms with Crippen LogP contribution in [0.2, 0.25) is 0 Å². The minimum Gasteiger partial charge on any atom is -0.383 e. The summed E-state index contributed by atoms with van der Waals surface area (Å²) in [6, 6.07) is 24.9. The normalized spacial score (nSPS) is 12.2. The summed E-state index contributed by atoms with van der Waals surface area (Å²) in [7, 11) is 0. The van der Waals surface area contributed by atoms with Crippen molar-refractivity contribution >= 4 is 22.5 Å². The fourth-order valence-corrected chi connectivity index (χ4v) is 5.21. The van der Waals surface area contributed by atoms with Crippen LogP contribution in [0.1, 0.15) is 43.7 Å². The van der Waals surface area contributed by atoms with Crippen molar-refractivity contribution in [3.63, 3.8) is 0 Å². The monoisotopic (exact) mass is 487 g/mol. The average Bonchev–Trinajstić information content (AvgIpc) is 2.90. The molecule has 3 N–H and O–H groups in total. The Morgan fingerprint density at radius 1 is 0.919 bits per heavy atom. The van der Waals surface area contributed by atoms with E-state index in [1.54, 1.807) is 18.3 Å². The molecule has 0 aliphatic heterocycles. The molecular formula is C32H26FN3O. The largest absolute Gasteiger partial charge is 0.383 e. The van der Waals surface area contributed by atoms with E-state index >= 15 is 0 Å². The molecule has 4 aromatic carbocycles. The number of pyridine rings is 1. The molecule has 0 bridgehead atoms. The van der Waals surface area contributed by atoms with Crippen molar-refractivity contribution in [3.8, 4) is 11.1 Å². The van der Waals surface area contributed by atoms with E-state index in [2.05, 4.69) is 28.5 Å². The molecule has 1 heterocycles. The number of hydrogen-bond acceptors (Lipinski definition) is 3. The number of nitrogens with zero attached hydrogens (tertiary/aromatic N) is 1. The number of benzene rings is 4. The molecule has 1 aliphatic carbocycles. The van der Waals surface area contributed by atoms with Crippen LogP contribution in [0.4, 0.5) is 10.2 Å². The van der Waals surface area contributed by atoms with Gasteiger partial charge >= 0.3 is 0 Å². The van der Waals surface area contributed by atoms with E-state index in [9.17, 15) is 9.18 Å². The van der Waals surface area contributed by atoms with Crippen molar-refractivity contribution in [2.75, 3.05) is 5.73 Å². The standard InChI is InChI=1S/C32H26FN3O/c1-19-12-23-10-11-35-31(34)29(23)17-27(19)18-36-32(37)24-9-7-21-13-20-6-8-22(14-25(20)16-26(21)15-24)28-4-2-3-5-30(28)33/h2-12,14-15,17H,13,16,18H2,1H3,(H2,34,35)(H,36,37). The van der Waals surface area contributed by atoms with Crippen LogP contribution in [0, 0.1) is 12.7 Å². The molecule has 37 heavy (non-hydrogen) atoms. The van der Waals surface area contributed by atoms with E-state index in [0.29, 0.717) is 29.9 Å². The maximum atomic E-state index is 14.4. The Bertz CT molecular complexity index is 1690. The lowest BCUT2D eigenvalue weighted by atomic mass is 9.83. The SMILES string of the molecule is Cc1cc2ccnc(N)c2cc1CNC(=O)c1ccc2c(c1)Cc1cc(-c3ccccc3F)ccc1C2. The van der Waals surface area contributed by atoms with E-state index in [-0.39, 0.29) is 11.7 Å². The Morgan fingerprint density at radius 3 is 2.51 bits per heavy atom. The quantitative estimate of drug-likeness (QED) is 0.304. The van der Waals surface area contributed by atoms with E-state index in [0.717, 1.165) is 39.4 Å². The molecule has 0 unspecified atom stereocenters. The highest BCUT2D eigenvalue weighted by Crippen LogP contribution is 2.32. The van der Waals surface area contributed by atoms with Gasteiger partial charge in [-0.1, -0.05) is 48.5 Å². The maximum absolute atomic E-state index is 14.4. The molecule has 0 fully saturated rings. The van der Waals surface area contributed by atoms with Crippen LogP contribution < -0.4 is 11.1 Å². The van der Waals surface area contributed by atoms with Gasteiger partial charge in [0.15, 0.2) is 0 Å². The van der Waals surface area contributed by atoms with Crippen molar-refractivity contribution in [1.82, 2.24) is 10.3 Å². The number of rotatable bonds is 4. The van der Waals surface area contributed by atoms with Crippen LogP contribution in [0.15, 0.2) is 85.1 Å².